The maximum absolute atomic E-state index is 5.05. The number of aromatic nitrogens is 6. The van der Waals surface area contributed by atoms with Gasteiger partial charge in [-0.3, -0.25) is 8.97 Å². The number of benzene rings is 3. The fraction of sp³-hybridized carbons (Fsp3) is 0.308. The van der Waals surface area contributed by atoms with Gasteiger partial charge in [-0.2, -0.15) is 0 Å². The minimum atomic E-state index is -0.0721. The largest absolute Gasteiger partial charge is 0.330 e. The third kappa shape index (κ3) is 4.00. The molecule has 4 aromatic heterocycles. The standard InChI is InChI=1S/C39H40N6S/c1-22(2)25-11-9-12-26(23(3)4)33(25)44-18-17-40-37(44)35-41-21-32(43-35)46-24-15-16-27-28-13-10-14-30-34(28)45-31(39(7,8)38(30,5)6)20-42-36(45)29(27)19-24/h9-23H,1-8H3,(H,41,43). The Bertz CT molecular complexity index is 2290. The second-order valence-corrected chi connectivity index (χ2v) is 15.5. The Balaban J connectivity index is 1.21. The van der Waals surface area contributed by atoms with Crippen molar-refractivity contribution in [1.29, 1.82) is 0 Å². The molecule has 7 heteroatoms. The van der Waals surface area contributed by atoms with Crippen LogP contribution in [-0.2, 0) is 10.8 Å². The fourth-order valence-corrected chi connectivity index (χ4v) is 8.24. The first-order valence-electron chi connectivity index (χ1n) is 16.3. The van der Waals surface area contributed by atoms with Crippen molar-refractivity contribution in [2.45, 2.75) is 88.0 Å². The third-order valence-corrected chi connectivity index (χ3v) is 11.6. The van der Waals surface area contributed by atoms with Crippen molar-refractivity contribution in [2.75, 3.05) is 0 Å². The number of imidazole rings is 3. The van der Waals surface area contributed by atoms with E-state index in [0.29, 0.717) is 11.8 Å². The Hall–Kier alpha value is -4.36. The maximum atomic E-state index is 5.05. The number of nitrogens with one attached hydrogen (secondary N) is 1. The summed E-state index contributed by atoms with van der Waals surface area (Å²) in [6.07, 6.45) is 7.93. The van der Waals surface area contributed by atoms with Gasteiger partial charge in [-0.1, -0.05) is 110 Å². The van der Waals surface area contributed by atoms with Gasteiger partial charge in [-0.25, -0.2) is 15.0 Å². The molecule has 232 valence electrons. The van der Waals surface area contributed by atoms with Gasteiger partial charge >= 0.3 is 0 Å². The summed E-state index contributed by atoms with van der Waals surface area (Å²) in [4.78, 5) is 19.3. The number of hydrogen-bond acceptors (Lipinski definition) is 4. The van der Waals surface area contributed by atoms with Gasteiger partial charge in [0.25, 0.3) is 0 Å². The van der Waals surface area contributed by atoms with Crippen molar-refractivity contribution >= 4 is 39.1 Å². The smallest absolute Gasteiger partial charge is 0.180 e. The molecule has 8 rings (SSSR count). The van der Waals surface area contributed by atoms with Gasteiger partial charge in [0.05, 0.1) is 22.4 Å². The molecule has 0 amide bonds. The van der Waals surface area contributed by atoms with E-state index >= 15 is 0 Å². The van der Waals surface area contributed by atoms with Gasteiger partial charge in [0.15, 0.2) is 11.6 Å². The highest BCUT2D eigenvalue weighted by Crippen LogP contribution is 2.51. The van der Waals surface area contributed by atoms with Crippen molar-refractivity contribution in [1.82, 2.24) is 28.9 Å². The van der Waals surface area contributed by atoms with Crippen LogP contribution in [0.15, 0.2) is 89.3 Å². The molecule has 46 heavy (non-hydrogen) atoms. The lowest BCUT2D eigenvalue weighted by atomic mass is 9.61. The second-order valence-electron chi connectivity index (χ2n) is 14.4. The molecule has 0 atom stereocenters. The summed E-state index contributed by atoms with van der Waals surface area (Å²) in [5, 5.41) is 4.64. The summed E-state index contributed by atoms with van der Waals surface area (Å²) >= 11 is 1.68. The molecular weight excluding hydrogens is 585 g/mol. The molecule has 0 saturated heterocycles. The Kier molecular flexibility index (Phi) is 6.36. The van der Waals surface area contributed by atoms with Gasteiger partial charge in [-0.15, -0.1) is 0 Å². The first-order chi connectivity index (χ1) is 22.0. The maximum Gasteiger partial charge on any atom is 0.180 e. The minimum Gasteiger partial charge on any atom is -0.330 e. The van der Waals surface area contributed by atoms with Crippen LogP contribution in [0.25, 0.3) is 44.7 Å². The zero-order chi connectivity index (χ0) is 32.1. The summed E-state index contributed by atoms with van der Waals surface area (Å²) in [6, 6.07) is 20.2. The number of pyridine rings is 1. The molecular formula is C39H40N6S. The molecule has 3 aromatic carbocycles. The number of nitrogens with zero attached hydrogens (tertiary/aromatic N) is 5. The Morgan fingerprint density at radius 2 is 1.50 bits per heavy atom. The average molecular weight is 625 g/mol. The van der Waals surface area contributed by atoms with Crippen molar-refractivity contribution in [3.63, 3.8) is 0 Å². The summed E-state index contributed by atoms with van der Waals surface area (Å²) in [5.74, 6) is 2.33. The molecule has 0 unspecified atom stereocenters. The van der Waals surface area contributed by atoms with Crippen LogP contribution in [0.3, 0.4) is 0 Å². The summed E-state index contributed by atoms with van der Waals surface area (Å²) in [7, 11) is 0. The van der Waals surface area contributed by atoms with Crippen LogP contribution in [0, 0.1) is 0 Å². The summed E-state index contributed by atoms with van der Waals surface area (Å²) in [6.45, 7) is 18.4. The summed E-state index contributed by atoms with van der Waals surface area (Å²) in [5.41, 5.74) is 8.68. The third-order valence-electron chi connectivity index (χ3n) is 10.6. The number of aromatic amines is 1. The van der Waals surface area contributed by atoms with Crippen molar-refractivity contribution < 1.29 is 0 Å². The predicted molar refractivity (Wildman–Crippen MR) is 190 cm³/mol. The van der Waals surface area contributed by atoms with E-state index in [9.17, 15) is 0 Å². The van der Waals surface area contributed by atoms with Gasteiger partial charge in [-0.05, 0) is 46.0 Å². The number of rotatable bonds is 6. The predicted octanol–water partition coefficient (Wildman–Crippen LogP) is 10.2. The van der Waals surface area contributed by atoms with Crippen molar-refractivity contribution in [3.05, 3.63) is 102 Å². The average Bonchev–Trinajstić information content (AvgIpc) is 3.80. The number of para-hydroxylation sites is 2. The zero-order valence-corrected chi connectivity index (χ0v) is 28.6. The molecule has 0 saturated carbocycles. The van der Waals surface area contributed by atoms with Gasteiger partial charge in [0.2, 0.25) is 0 Å². The van der Waals surface area contributed by atoms with Gasteiger partial charge in [0.1, 0.15) is 5.65 Å². The van der Waals surface area contributed by atoms with E-state index in [-0.39, 0.29) is 10.8 Å². The molecule has 6 nitrogen and oxygen atoms in total. The van der Waals surface area contributed by atoms with E-state index in [4.69, 9.17) is 15.0 Å². The minimum absolute atomic E-state index is 0.0286. The molecule has 7 aromatic rings. The lowest BCUT2D eigenvalue weighted by Crippen LogP contribution is -2.44. The number of H-pyrrole nitrogens is 1. The van der Waals surface area contributed by atoms with Gasteiger partial charge < -0.3 is 4.98 Å². The molecule has 1 aliphatic rings. The molecule has 1 N–H and O–H groups in total. The Morgan fingerprint density at radius 3 is 2.24 bits per heavy atom. The highest BCUT2D eigenvalue weighted by Gasteiger charge is 2.46. The van der Waals surface area contributed by atoms with Crippen LogP contribution in [0.1, 0.15) is 89.6 Å². The quantitative estimate of drug-likeness (QED) is 0.187. The van der Waals surface area contributed by atoms with Crippen molar-refractivity contribution in [3.8, 4) is 17.3 Å². The van der Waals surface area contributed by atoms with E-state index < -0.39 is 0 Å². The zero-order valence-electron chi connectivity index (χ0n) is 27.8. The lowest BCUT2D eigenvalue weighted by Gasteiger charge is -2.45. The monoisotopic (exact) mass is 624 g/mol. The van der Waals surface area contributed by atoms with Crippen LogP contribution >= 0.6 is 11.8 Å². The van der Waals surface area contributed by atoms with E-state index in [1.54, 1.807) is 11.8 Å². The highest BCUT2D eigenvalue weighted by atomic mass is 32.2. The topological polar surface area (TPSA) is 63.8 Å². The van der Waals surface area contributed by atoms with Crippen LogP contribution in [0.2, 0.25) is 0 Å². The Labute approximate surface area is 274 Å². The van der Waals surface area contributed by atoms with Crippen LogP contribution in [0.4, 0.5) is 0 Å². The van der Waals surface area contributed by atoms with Crippen molar-refractivity contribution in [2.24, 2.45) is 0 Å². The first-order valence-corrected chi connectivity index (χ1v) is 17.1. The molecule has 0 aliphatic carbocycles. The molecule has 0 radical (unpaired) electrons. The SMILES string of the molecule is CC(C)c1cccc(C(C)C)c1-n1ccnc1-c1ncc(Sc2ccc3c(c2)c2ncc4n2c2c(cccc32)C(C)(C)C4(C)C)[nH]1. The molecule has 0 bridgehead atoms. The van der Waals surface area contributed by atoms with Crippen LogP contribution in [0.5, 0.6) is 0 Å². The normalized spacial score (nSPS) is 15.3. The van der Waals surface area contributed by atoms with Crippen LogP contribution in [-0.4, -0.2) is 28.9 Å². The Morgan fingerprint density at radius 1 is 0.761 bits per heavy atom. The number of hydrogen-bond donors (Lipinski definition) is 1. The fourth-order valence-electron chi connectivity index (χ4n) is 7.42. The van der Waals surface area contributed by atoms with E-state index in [1.807, 2.05) is 12.4 Å². The number of fused-ring (bicyclic) bond motifs is 3. The van der Waals surface area contributed by atoms with E-state index in [0.717, 1.165) is 32.6 Å². The molecule has 1 aliphatic heterocycles. The lowest BCUT2D eigenvalue weighted by molar-refractivity contribution is 0.288. The first kappa shape index (κ1) is 29.1. The summed E-state index contributed by atoms with van der Waals surface area (Å²) < 4.78 is 4.62. The second kappa shape index (κ2) is 10.1. The molecule has 5 heterocycles. The molecule has 0 spiro atoms. The molecule has 0 fully saturated rings. The highest BCUT2D eigenvalue weighted by molar-refractivity contribution is 7.99. The van der Waals surface area contributed by atoms with E-state index in [1.165, 1.54) is 44.4 Å². The van der Waals surface area contributed by atoms with Gasteiger partial charge in [0, 0.05) is 50.8 Å². The van der Waals surface area contributed by atoms with Crippen LogP contribution < -0.4 is 0 Å². The van der Waals surface area contributed by atoms with E-state index in [2.05, 4.69) is 136 Å².